The molecular formula is C16H16BrN. The van der Waals surface area contributed by atoms with E-state index in [1.165, 1.54) is 5.56 Å². The first kappa shape index (κ1) is 12.9. The van der Waals surface area contributed by atoms with Gasteiger partial charge in [0.2, 0.25) is 0 Å². The van der Waals surface area contributed by atoms with Crippen molar-refractivity contribution in [2.75, 3.05) is 5.32 Å². The third-order valence-corrected chi connectivity index (χ3v) is 3.33. The summed E-state index contributed by atoms with van der Waals surface area (Å²) in [6.07, 6.45) is 4.29. The molecule has 18 heavy (non-hydrogen) atoms. The lowest BCUT2D eigenvalue weighted by atomic mass is 10.2. The first-order valence-corrected chi connectivity index (χ1v) is 6.79. The molecule has 0 radical (unpaired) electrons. The van der Waals surface area contributed by atoms with Crippen LogP contribution in [0.25, 0.3) is 6.08 Å². The van der Waals surface area contributed by atoms with E-state index in [0.29, 0.717) is 0 Å². The van der Waals surface area contributed by atoms with Crippen molar-refractivity contribution in [3.8, 4) is 0 Å². The fourth-order valence-corrected chi connectivity index (χ4v) is 2.09. The van der Waals surface area contributed by atoms with Crippen molar-refractivity contribution in [3.05, 3.63) is 70.7 Å². The molecular weight excluding hydrogens is 286 g/mol. The summed E-state index contributed by atoms with van der Waals surface area (Å²) >= 11 is 3.53. The Morgan fingerprint density at radius 3 is 2.39 bits per heavy atom. The average molecular weight is 302 g/mol. The summed E-state index contributed by atoms with van der Waals surface area (Å²) in [5, 5.41) is 3.45. The molecule has 1 N–H and O–H groups in total. The summed E-state index contributed by atoms with van der Waals surface area (Å²) in [7, 11) is 0. The average Bonchev–Trinajstić information content (AvgIpc) is 2.40. The molecule has 0 spiro atoms. The number of para-hydroxylation sites is 1. The smallest absolute Gasteiger partial charge is 0.0489 e. The van der Waals surface area contributed by atoms with Gasteiger partial charge in [0.15, 0.2) is 0 Å². The lowest BCUT2D eigenvalue weighted by molar-refractivity contribution is 1.00. The van der Waals surface area contributed by atoms with Crippen molar-refractivity contribution < 1.29 is 0 Å². The Labute approximate surface area is 117 Å². The summed E-state index contributed by atoms with van der Waals surface area (Å²) < 4.78 is 1.09. The molecule has 0 aliphatic carbocycles. The van der Waals surface area contributed by atoms with Crippen molar-refractivity contribution in [1.82, 2.24) is 0 Å². The number of benzene rings is 2. The Balaban J connectivity index is 1.99. The van der Waals surface area contributed by atoms with Crippen LogP contribution in [0.4, 0.5) is 5.69 Å². The monoisotopic (exact) mass is 301 g/mol. The van der Waals surface area contributed by atoms with Crippen molar-refractivity contribution in [1.29, 1.82) is 0 Å². The predicted molar refractivity (Wildman–Crippen MR) is 82.7 cm³/mol. The first-order chi connectivity index (χ1) is 8.75. The van der Waals surface area contributed by atoms with Crippen LogP contribution in [0.1, 0.15) is 12.5 Å². The van der Waals surface area contributed by atoms with Gasteiger partial charge in [0.05, 0.1) is 0 Å². The molecule has 1 nitrogen and oxygen atoms in total. The molecule has 2 heteroatoms. The molecule has 0 amide bonds. The van der Waals surface area contributed by atoms with Crippen LogP contribution in [0.3, 0.4) is 0 Å². The van der Waals surface area contributed by atoms with Crippen LogP contribution < -0.4 is 5.32 Å². The Kier molecular flexibility index (Phi) is 4.59. The lowest BCUT2D eigenvalue weighted by Crippen LogP contribution is -2.11. The van der Waals surface area contributed by atoms with Crippen LogP contribution in [0.5, 0.6) is 0 Å². The van der Waals surface area contributed by atoms with Crippen molar-refractivity contribution in [2.24, 2.45) is 0 Å². The molecule has 2 aromatic rings. The van der Waals surface area contributed by atoms with E-state index in [4.69, 9.17) is 0 Å². The lowest BCUT2D eigenvalue weighted by Gasteiger charge is -2.12. The van der Waals surface area contributed by atoms with Gasteiger partial charge in [0.25, 0.3) is 0 Å². The van der Waals surface area contributed by atoms with Crippen LogP contribution in [0.15, 0.2) is 65.1 Å². The minimum atomic E-state index is 0.281. The maximum atomic E-state index is 3.53. The van der Waals surface area contributed by atoms with Crippen molar-refractivity contribution in [2.45, 2.75) is 13.0 Å². The zero-order chi connectivity index (χ0) is 12.8. The number of nitrogens with one attached hydrogen (secondary N) is 1. The number of halogens is 1. The van der Waals surface area contributed by atoms with Crippen LogP contribution in [0.2, 0.25) is 0 Å². The SMILES string of the molecule is CC(/C=C/c1ccccc1)Nc1ccccc1Br. The van der Waals surface area contributed by atoms with Gasteiger partial charge in [-0.1, -0.05) is 54.6 Å². The van der Waals surface area contributed by atoms with E-state index in [2.05, 4.69) is 58.5 Å². The number of rotatable bonds is 4. The van der Waals surface area contributed by atoms with Gasteiger partial charge >= 0.3 is 0 Å². The molecule has 2 aromatic carbocycles. The summed E-state index contributed by atoms with van der Waals surface area (Å²) in [6, 6.07) is 18.7. The number of hydrogen-bond acceptors (Lipinski definition) is 1. The molecule has 0 aromatic heterocycles. The Morgan fingerprint density at radius 1 is 1.00 bits per heavy atom. The molecule has 0 bridgehead atoms. The number of hydrogen-bond donors (Lipinski definition) is 1. The highest BCUT2D eigenvalue weighted by atomic mass is 79.9. The zero-order valence-electron chi connectivity index (χ0n) is 10.3. The van der Waals surface area contributed by atoms with E-state index in [1.807, 2.05) is 36.4 Å². The predicted octanol–water partition coefficient (Wildman–Crippen LogP) is 4.96. The van der Waals surface area contributed by atoms with E-state index >= 15 is 0 Å². The molecule has 0 saturated heterocycles. The Hall–Kier alpha value is -1.54. The third-order valence-electron chi connectivity index (χ3n) is 2.63. The van der Waals surface area contributed by atoms with Gasteiger partial charge in [-0.3, -0.25) is 0 Å². The molecule has 1 atom stereocenters. The normalized spacial score (nSPS) is 12.6. The Bertz CT molecular complexity index is 520. The molecule has 0 aliphatic heterocycles. The fraction of sp³-hybridized carbons (Fsp3) is 0.125. The Morgan fingerprint density at radius 2 is 1.67 bits per heavy atom. The molecule has 0 saturated carbocycles. The van der Waals surface area contributed by atoms with Gasteiger partial charge in [-0.2, -0.15) is 0 Å². The van der Waals surface area contributed by atoms with Crippen molar-refractivity contribution in [3.63, 3.8) is 0 Å². The molecule has 0 aliphatic rings. The fourth-order valence-electron chi connectivity index (χ4n) is 1.69. The van der Waals surface area contributed by atoms with Gasteiger partial charge < -0.3 is 5.32 Å². The van der Waals surface area contributed by atoms with Crippen LogP contribution in [-0.4, -0.2) is 6.04 Å². The van der Waals surface area contributed by atoms with Gasteiger partial charge in [-0.25, -0.2) is 0 Å². The second-order valence-electron chi connectivity index (χ2n) is 4.18. The van der Waals surface area contributed by atoms with Crippen LogP contribution >= 0.6 is 15.9 Å². The van der Waals surface area contributed by atoms with E-state index in [0.717, 1.165) is 10.2 Å². The highest BCUT2D eigenvalue weighted by Gasteiger charge is 2.00. The van der Waals surface area contributed by atoms with Crippen LogP contribution in [-0.2, 0) is 0 Å². The second kappa shape index (κ2) is 6.41. The maximum absolute atomic E-state index is 3.53. The standard InChI is InChI=1S/C16H16BrN/c1-13(11-12-14-7-3-2-4-8-14)18-16-10-6-5-9-15(16)17/h2-13,18H,1H3/b12-11+. The largest absolute Gasteiger partial charge is 0.378 e. The van der Waals surface area contributed by atoms with Crippen molar-refractivity contribution >= 4 is 27.7 Å². The third kappa shape index (κ3) is 3.74. The molecule has 92 valence electrons. The van der Waals surface area contributed by atoms with Gasteiger partial charge in [0.1, 0.15) is 0 Å². The summed E-state index contributed by atoms with van der Waals surface area (Å²) in [5.74, 6) is 0. The molecule has 2 rings (SSSR count). The van der Waals surface area contributed by atoms with Gasteiger partial charge in [-0.15, -0.1) is 0 Å². The maximum Gasteiger partial charge on any atom is 0.0489 e. The topological polar surface area (TPSA) is 12.0 Å². The zero-order valence-corrected chi connectivity index (χ0v) is 11.9. The highest BCUT2D eigenvalue weighted by molar-refractivity contribution is 9.10. The quantitative estimate of drug-likeness (QED) is 0.841. The molecule has 0 fully saturated rings. The summed E-state index contributed by atoms with van der Waals surface area (Å²) in [5.41, 5.74) is 2.33. The summed E-state index contributed by atoms with van der Waals surface area (Å²) in [4.78, 5) is 0. The summed E-state index contributed by atoms with van der Waals surface area (Å²) in [6.45, 7) is 2.14. The van der Waals surface area contributed by atoms with E-state index < -0.39 is 0 Å². The van der Waals surface area contributed by atoms with E-state index in [9.17, 15) is 0 Å². The molecule has 1 unspecified atom stereocenters. The van der Waals surface area contributed by atoms with E-state index in [-0.39, 0.29) is 6.04 Å². The second-order valence-corrected chi connectivity index (χ2v) is 5.04. The minimum absolute atomic E-state index is 0.281. The van der Waals surface area contributed by atoms with Gasteiger partial charge in [0, 0.05) is 16.2 Å². The van der Waals surface area contributed by atoms with Gasteiger partial charge in [-0.05, 0) is 40.5 Å². The minimum Gasteiger partial charge on any atom is -0.378 e. The first-order valence-electron chi connectivity index (χ1n) is 6.00. The highest BCUT2D eigenvalue weighted by Crippen LogP contribution is 2.22. The molecule has 0 heterocycles. The van der Waals surface area contributed by atoms with E-state index in [1.54, 1.807) is 0 Å². The van der Waals surface area contributed by atoms with Crippen LogP contribution in [0, 0.1) is 0 Å². The number of anilines is 1.